The van der Waals surface area contributed by atoms with Gasteiger partial charge in [-0.15, -0.1) is 0 Å². The fourth-order valence-electron chi connectivity index (χ4n) is 3.87. The molecule has 0 spiro atoms. The summed E-state index contributed by atoms with van der Waals surface area (Å²) in [5, 5.41) is 21.0. The molecular formula is C24H27NO6. The first-order valence-corrected chi connectivity index (χ1v) is 10.2. The Hall–Kier alpha value is -3.48. The summed E-state index contributed by atoms with van der Waals surface area (Å²) in [5.41, 5.74) is 0.793. The quantitative estimate of drug-likeness (QED) is 0.287. The number of hydrogen-bond acceptors (Lipinski definition) is 6. The SMILES string of the molecule is CCCCCN1C(=O)C(=O)/C(=C(/O)c2c(OC)cccc2OC)C1c1ccc(O)cc1. The molecule has 7 nitrogen and oxygen atoms in total. The van der Waals surface area contributed by atoms with Crippen LogP contribution in [0.1, 0.15) is 43.4 Å². The number of methoxy groups -OCH3 is 2. The van der Waals surface area contributed by atoms with Gasteiger partial charge in [0.2, 0.25) is 0 Å². The Kier molecular flexibility index (Phi) is 6.84. The van der Waals surface area contributed by atoms with E-state index in [0.717, 1.165) is 19.3 Å². The van der Waals surface area contributed by atoms with Crippen LogP contribution in [0.15, 0.2) is 48.0 Å². The Morgan fingerprint density at radius 1 is 1.00 bits per heavy atom. The van der Waals surface area contributed by atoms with Crippen molar-refractivity contribution in [2.24, 2.45) is 0 Å². The summed E-state index contributed by atoms with van der Waals surface area (Å²) in [7, 11) is 2.90. The van der Waals surface area contributed by atoms with Crippen molar-refractivity contribution in [2.75, 3.05) is 20.8 Å². The third-order valence-electron chi connectivity index (χ3n) is 5.42. The fraction of sp³-hybridized carbons (Fsp3) is 0.333. The van der Waals surface area contributed by atoms with E-state index >= 15 is 0 Å². The molecule has 164 valence electrons. The van der Waals surface area contributed by atoms with Gasteiger partial charge in [-0.3, -0.25) is 9.59 Å². The average molecular weight is 425 g/mol. The number of phenols is 1. The molecule has 2 aromatic rings. The van der Waals surface area contributed by atoms with Crippen molar-refractivity contribution in [3.05, 3.63) is 59.2 Å². The van der Waals surface area contributed by atoms with Gasteiger partial charge >= 0.3 is 0 Å². The molecule has 31 heavy (non-hydrogen) atoms. The minimum Gasteiger partial charge on any atom is -0.508 e. The number of carbonyl (C=O) groups excluding carboxylic acids is 2. The maximum Gasteiger partial charge on any atom is 0.295 e. The summed E-state index contributed by atoms with van der Waals surface area (Å²) in [6.45, 7) is 2.43. The van der Waals surface area contributed by atoms with E-state index in [9.17, 15) is 19.8 Å². The van der Waals surface area contributed by atoms with E-state index in [1.165, 1.54) is 31.3 Å². The first-order valence-electron chi connectivity index (χ1n) is 10.2. The van der Waals surface area contributed by atoms with Gasteiger partial charge in [0.15, 0.2) is 0 Å². The van der Waals surface area contributed by atoms with E-state index in [1.807, 2.05) is 0 Å². The van der Waals surface area contributed by atoms with Crippen LogP contribution in [0.2, 0.25) is 0 Å². The highest BCUT2D eigenvalue weighted by Crippen LogP contribution is 2.43. The number of Topliss-reactive ketones (excluding diaryl/α,β-unsaturated/α-hetero) is 1. The van der Waals surface area contributed by atoms with E-state index in [-0.39, 0.29) is 22.6 Å². The predicted molar refractivity (Wildman–Crippen MR) is 116 cm³/mol. The van der Waals surface area contributed by atoms with Crippen LogP contribution in [0, 0.1) is 0 Å². The van der Waals surface area contributed by atoms with Gasteiger partial charge < -0.3 is 24.6 Å². The summed E-state index contributed by atoms with van der Waals surface area (Å²) in [6.07, 6.45) is 2.61. The van der Waals surface area contributed by atoms with Gasteiger partial charge in [0, 0.05) is 6.54 Å². The van der Waals surface area contributed by atoms with Gasteiger partial charge in [0.25, 0.3) is 11.7 Å². The number of aliphatic hydroxyl groups is 1. The molecule has 0 aliphatic carbocycles. The zero-order valence-electron chi connectivity index (χ0n) is 17.9. The van der Waals surface area contributed by atoms with Crippen LogP contribution in [0.4, 0.5) is 0 Å². The van der Waals surface area contributed by atoms with Crippen molar-refractivity contribution < 1.29 is 29.3 Å². The first-order chi connectivity index (χ1) is 14.9. The third kappa shape index (κ3) is 4.21. The standard InChI is InChI=1S/C24H27NO6/c1-4-5-6-14-25-21(15-10-12-16(26)13-11-15)20(23(28)24(25)29)22(27)19-17(30-2)8-7-9-18(19)31-3/h7-13,21,26-27H,4-6,14H2,1-3H3/b22-20+. The summed E-state index contributed by atoms with van der Waals surface area (Å²) in [6, 6.07) is 10.5. The van der Waals surface area contributed by atoms with Crippen LogP contribution >= 0.6 is 0 Å². The minimum atomic E-state index is -0.785. The van der Waals surface area contributed by atoms with E-state index in [1.54, 1.807) is 30.3 Å². The maximum absolute atomic E-state index is 13.1. The lowest BCUT2D eigenvalue weighted by molar-refractivity contribution is -0.139. The number of nitrogens with zero attached hydrogens (tertiary/aromatic N) is 1. The molecule has 7 heteroatoms. The van der Waals surface area contributed by atoms with Gasteiger partial charge in [-0.2, -0.15) is 0 Å². The smallest absolute Gasteiger partial charge is 0.295 e. The lowest BCUT2D eigenvalue weighted by Crippen LogP contribution is -2.30. The average Bonchev–Trinajstić information content (AvgIpc) is 3.03. The van der Waals surface area contributed by atoms with Gasteiger partial charge in [-0.1, -0.05) is 38.0 Å². The van der Waals surface area contributed by atoms with Crippen molar-refractivity contribution in [2.45, 2.75) is 32.2 Å². The topological polar surface area (TPSA) is 96.3 Å². The summed E-state index contributed by atoms with van der Waals surface area (Å²) in [4.78, 5) is 27.5. The lowest BCUT2D eigenvalue weighted by Gasteiger charge is -2.25. The highest BCUT2D eigenvalue weighted by molar-refractivity contribution is 6.46. The molecule has 1 amide bonds. The van der Waals surface area contributed by atoms with Crippen LogP contribution in [0.5, 0.6) is 17.2 Å². The Bertz CT molecular complexity index is 973. The molecule has 3 rings (SSSR count). The Balaban J connectivity index is 2.21. The number of unbranched alkanes of at least 4 members (excludes halogenated alkanes) is 2. The molecular weight excluding hydrogens is 398 g/mol. The third-order valence-corrected chi connectivity index (χ3v) is 5.42. The van der Waals surface area contributed by atoms with Gasteiger partial charge in [0.1, 0.15) is 28.6 Å². The molecule has 1 saturated heterocycles. The number of ketones is 1. The molecule has 1 atom stereocenters. The molecule has 0 saturated carbocycles. The predicted octanol–water partition coefficient (Wildman–Crippen LogP) is 4.02. The highest BCUT2D eigenvalue weighted by atomic mass is 16.5. The van der Waals surface area contributed by atoms with Gasteiger partial charge in [-0.05, 0) is 36.2 Å². The van der Waals surface area contributed by atoms with Crippen LogP contribution in [-0.2, 0) is 9.59 Å². The summed E-state index contributed by atoms with van der Waals surface area (Å²) < 4.78 is 10.8. The maximum atomic E-state index is 13.1. The van der Waals surface area contributed by atoms with Gasteiger partial charge in [0.05, 0.1) is 25.8 Å². The molecule has 1 heterocycles. The molecule has 0 bridgehead atoms. The van der Waals surface area contributed by atoms with Crippen LogP contribution in [-0.4, -0.2) is 47.6 Å². The van der Waals surface area contributed by atoms with E-state index in [0.29, 0.717) is 23.6 Å². The highest BCUT2D eigenvalue weighted by Gasteiger charge is 2.46. The number of phenolic OH excluding ortho intramolecular Hbond substituents is 1. The second-order valence-electron chi connectivity index (χ2n) is 7.33. The van der Waals surface area contributed by atoms with Gasteiger partial charge in [-0.25, -0.2) is 0 Å². The minimum absolute atomic E-state index is 0.0324. The molecule has 2 aromatic carbocycles. The van der Waals surface area contributed by atoms with Crippen LogP contribution < -0.4 is 9.47 Å². The Morgan fingerprint density at radius 2 is 1.61 bits per heavy atom. The summed E-state index contributed by atoms with van der Waals surface area (Å²) >= 11 is 0. The number of ether oxygens (including phenoxy) is 2. The fourth-order valence-corrected chi connectivity index (χ4v) is 3.87. The molecule has 2 N–H and O–H groups in total. The van der Waals surface area contributed by atoms with Crippen molar-refractivity contribution >= 4 is 17.4 Å². The van der Waals surface area contributed by atoms with E-state index in [4.69, 9.17) is 9.47 Å². The van der Waals surface area contributed by atoms with Crippen molar-refractivity contribution in [1.29, 1.82) is 0 Å². The molecule has 1 aliphatic heterocycles. The largest absolute Gasteiger partial charge is 0.508 e. The molecule has 1 aliphatic rings. The van der Waals surface area contributed by atoms with Crippen molar-refractivity contribution in [1.82, 2.24) is 4.90 Å². The number of hydrogen-bond donors (Lipinski definition) is 2. The van der Waals surface area contributed by atoms with E-state index in [2.05, 4.69) is 6.92 Å². The second kappa shape index (κ2) is 9.55. The molecule has 0 radical (unpaired) electrons. The Morgan fingerprint density at radius 3 is 2.16 bits per heavy atom. The first kappa shape index (κ1) is 22.2. The van der Waals surface area contributed by atoms with Crippen molar-refractivity contribution in [3.63, 3.8) is 0 Å². The zero-order valence-corrected chi connectivity index (χ0v) is 17.9. The lowest BCUT2D eigenvalue weighted by atomic mass is 9.94. The number of carbonyl (C=O) groups is 2. The van der Waals surface area contributed by atoms with Crippen molar-refractivity contribution in [3.8, 4) is 17.2 Å². The Labute approximate surface area is 181 Å². The number of aromatic hydroxyl groups is 1. The molecule has 0 aromatic heterocycles. The number of aliphatic hydroxyl groups excluding tert-OH is 1. The second-order valence-corrected chi connectivity index (χ2v) is 7.33. The normalized spacial score (nSPS) is 17.8. The zero-order chi connectivity index (χ0) is 22.5. The number of rotatable bonds is 8. The summed E-state index contributed by atoms with van der Waals surface area (Å²) in [5.74, 6) is -1.08. The number of benzene rings is 2. The van der Waals surface area contributed by atoms with Crippen LogP contribution in [0.25, 0.3) is 5.76 Å². The van der Waals surface area contributed by atoms with Crippen LogP contribution in [0.3, 0.4) is 0 Å². The number of amides is 1. The molecule has 1 fully saturated rings. The monoisotopic (exact) mass is 425 g/mol. The number of likely N-dealkylation sites (tertiary alicyclic amines) is 1. The molecule has 1 unspecified atom stereocenters. The van der Waals surface area contributed by atoms with E-state index < -0.39 is 17.7 Å².